The Bertz CT molecular complexity index is 464. The highest BCUT2D eigenvalue weighted by Gasteiger charge is 2.21. The van der Waals surface area contributed by atoms with Crippen LogP contribution in [0.3, 0.4) is 0 Å². The third-order valence-corrected chi connectivity index (χ3v) is 3.41. The number of rotatable bonds is 5. The summed E-state index contributed by atoms with van der Waals surface area (Å²) < 4.78 is 0. The Morgan fingerprint density at radius 2 is 2.00 bits per heavy atom. The summed E-state index contributed by atoms with van der Waals surface area (Å²) in [5.74, 6) is -2.40. The zero-order valence-corrected chi connectivity index (χ0v) is 12.6. The number of carboxylic acid groups (broad SMARTS) is 2. The minimum absolute atomic E-state index is 0.522. The number of aliphatic hydroxyl groups excluding tert-OH is 1. The Balaban J connectivity index is 0.000000225. The summed E-state index contributed by atoms with van der Waals surface area (Å²) in [4.78, 5) is 26.2. The number of pyridine rings is 1. The fraction of sp³-hybridized carbons (Fsp3) is 0.533. The molecule has 0 bridgehead atoms. The van der Waals surface area contributed by atoms with Crippen molar-refractivity contribution in [1.82, 2.24) is 9.88 Å². The van der Waals surface area contributed by atoms with Gasteiger partial charge in [0.05, 0.1) is 18.9 Å². The number of aromatic nitrogens is 1. The number of likely N-dealkylation sites (tertiary alicyclic amines) is 1. The second-order valence-electron chi connectivity index (χ2n) is 5.27. The molecule has 1 aromatic rings. The molecule has 122 valence electrons. The number of carboxylic acids is 2. The van der Waals surface area contributed by atoms with Crippen molar-refractivity contribution in [3.05, 3.63) is 30.1 Å². The molecule has 0 saturated carbocycles. The van der Waals surface area contributed by atoms with Crippen molar-refractivity contribution in [3.8, 4) is 0 Å². The summed E-state index contributed by atoms with van der Waals surface area (Å²) in [5, 5.41) is 24.7. The summed E-state index contributed by atoms with van der Waals surface area (Å²) in [6.45, 7) is 1.22. The molecule has 2 rings (SSSR count). The lowest BCUT2D eigenvalue weighted by Gasteiger charge is -2.18. The largest absolute Gasteiger partial charge is 0.481 e. The van der Waals surface area contributed by atoms with Crippen LogP contribution in [0.2, 0.25) is 0 Å². The van der Waals surface area contributed by atoms with E-state index in [-0.39, 0.29) is 0 Å². The molecule has 0 spiro atoms. The topological polar surface area (TPSA) is 111 Å². The van der Waals surface area contributed by atoms with Gasteiger partial charge in [-0.15, -0.1) is 0 Å². The molecule has 7 heteroatoms. The summed E-state index contributed by atoms with van der Waals surface area (Å²) in [6, 6.07) is 4.79. The predicted octanol–water partition coefficient (Wildman–Crippen LogP) is 1.14. The maximum absolute atomic E-state index is 9.84. The number of hydrogen-bond acceptors (Lipinski definition) is 5. The van der Waals surface area contributed by atoms with Crippen molar-refractivity contribution in [1.29, 1.82) is 0 Å². The maximum Gasteiger partial charge on any atom is 0.305 e. The van der Waals surface area contributed by atoms with Crippen LogP contribution in [-0.2, 0) is 9.59 Å². The van der Waals surface area contributed by atoms with Gasteiger partial charge in [-0.3, -0.25) is 19.5 Å². The van der Waals surface area contributed by atoms with Gasteiger partial charge in [-0.05, 0) is 38.1 Å². The van der Waals surface area contributed by atoms with E-state index < -0.39 is 30.9 Å². The van der Waals surface area contributed by atoms with Gasteiger partial charge >= 0.3 is 11.9 Å². The Morgan fingerprint density at radius 1 is 1.36 bits per heavy atom. The molecular formula is C15H22N2O5. The summed E-state index contributed by atoms with van der Waals surface area (Å²) >= 11 is 0. The number of carbonyl (C=O) groups is 2. The third-order valence-electron chi connectivity index (χ3n) is 3.41. The average Bonchev–Trinajstić information content (AvgIpc) is 2.85. The molecule has 1 fully saturated rings. The smallest absolute Gasteiger partial charge is 0.305 e. The molecule has 7 nitrogen and oxygen atoms in total. The Hall–Kier alpha value is -1.99. The molecule has 0 unspecified atom stereocenters. The molecule has 1 saturated heterocycles. The van der Waals surface area contributed by atoms with Gasteiger partial charge in [-0.2, -0.15) is 0 Å². The second kappa shape index (κ2) is 9.11. The zero-order chi connectivity index (χ0) is 16.5. The summed E-state index contributed by atoms with van der Waals surface area (Å²) in [5.41, 5.74) is 1.36. The molecular weight excluding hydrogens is 288 g/mol. The first-order valence-corrected chi connectivity index (χ1v) is 7.12. The fourth-order valence-corrected chi connectivity index (χ4v) is 2.38. The first-order valence-electron chi connectivity index (χ1n) is 7.12. The van der Waals surface area contributed by atoms with E-state index in [4.69, 9.17) is 15.3 Å². The Labute approximate surface area is 129 Å². The Morgan fingerprint density at radius 3 is 2.41 bits per heavy atom. The van der Waals surface area contributed by atoms with E-state index in [9.17, 15) is 9.59 Å². The van der Waals surface area contributed by atoms with Gasteiger partial charge in [0.2, 0.25) is 0 Å². The minimum Gasteiger partial charge on any atom is -0.481 e. The number of nitrogens with zero attached hydrogens (tertiary/aromatic N) is 2. The monoisotopic (exact) mass is 310 g/mol. The van der Waals surface area contributed by atoms with E-state index in [0.717, 1.165) is 0 Å². The van der Waals surface area contributed by atoms with Crippen LogP contribution in [-0.4, -0.2) is 56.8 Å². The minimum atomic E-state index is -1.28. The molecule has 1 aromatic heterocycles. The standard InChI is InChI=1S/C10H14N2.C5H8O5/c1-12-7-3-5-10(12)9-4-2-6-11-8-9;6-3(1-4(7)8)2-5(9)10/h2,4,6,8,10H,3,5,7H2,1H3;3,6H,1-2H2,(H,7,8)(H,9,10)/t10-;/m0./s1. The zero-order valence-electron chi connectivity index (χ0n) is 12.6. The van der Waals surface area contributed by atoms with Crippen LogP contribution < -0.4 is 0 Å². The lowest BCUT2D eigenvalue weighted by Crippen LogP contribution is -2.17. The van der Waals surface area contributed by atoms with E-state index in [2.05, 4.69) is 23.0 Å². The second-order valence-corrected chi connectivity index (χ2v) is 5.27. The SMILES string of the molecule is CN1CCC[C@H]1c1cccnc1.O=C(O)CC(O)CC(=O)O. The molecule has 3 N–H and O–H groups in total. The van der Waals surface area contributed by atoms with Crippen LogP contribution in [0.5, 0.6) is 0 Å². The quantitative estimate of drug-likeness (QED) is 0.748. The van der Waals surface area contributed by atoms with Gasteiger partial charge in [-0.25, -0.2) is 0 Å². The first kappa shape index (κ1) is 18.1. The van der Waals surface area contributed by atoms with Crippen molar-refractivity contribution in [2.24, 2.45) is 0 Å². The highest BCUT2D eigenvalue weighted by atomic mass is 16.4. The van der Waals surface area contributed by atoms with Crippen molar-refractivity contribution in [2.45, 2.75) is 37.8 Å². The van der Waals surface area contributed by atoms with Crippen LogP contribution in [0.25, 0.3) is 0 Å². The lowest BCUT2D eigenvalue weighted by molar-refractivity contribution is -0.142. The van der Waals surface area contributed by atoms with Crippen LogP contribution in [0.4, 0.5) is 0 Å². The van der Waals surface area contributed by atoms with Gasteiger partial charge in [0.1, 0.15) is 0 Å². The average molecular weight is 310 g/mol. The van der Waals surface area contributed by atoms with Crippen LogP contribution in [0.15, 0.2) is 24.5 Å². The van der Waals surface area contributed by atoms with Crippen molar-refractivity contribution in [3.63, 3.8) is 0 Å². The molecule has 1 aliphatic heterocycles. The fourth-order valence-electron chi connectivity index (χ4n) is 2.38. The molecule has 0 radical (unpaired) electrons. The van der Waals surface area contributed by atoms with E-state index in [1.165, 1.54) is 24.9 Å². The normalized spacial score (nSPS) is 17.9. The van der Waals surface area contributed by atoms with Crippen molar-refractivity contribution in [2.75, 3.05) is 13.6 Å². The predicted molar refractivity (Wildman–Crippen MR) is 79.4 cm³/mol. The summed E-state index contributed by atoms with van der Waals surface area (Å²) in [6.07, 6.45) is 4.08. The van der Waals surface area contributed by atoms with Crippen LogP contribution >= 0.6 is 0 Å². The lowest BCUT2D eigenvalue weighted by atomic mass is 10.1. The van der Waals surface area contributed by atoms with E-state index in [0.29, 0.717) is 6.04 Å². The van der Waals surface area contributed by atoms with Gasteiger partial charge < -0.3 is 15.3 Å². The van der Waals surface area contributed by atoms with Crippen molar-refractivity contribution >= 4 is 11.9 Å². The molecule has 0 aromatic carbocycles. The molecule has 22 heavy (non-hydrogen) atoms. The third kappa shape index (κ3) is 6.64. The summed E-state index contributed by atoms with van der Waals surface area (Å²) in [7, 11) is 2.19. The van der Waals surface area contributed by atoms with Crippen LogP contribution in [0.1, 0.15) is 37.3 Å². The van der Waals surface area contributed by atoms with Crippen molar-refractivity contribution < 1.29 is 24.9 Å². The first-order chi connectivity index (χ1) is 10.4. The maximum atomic E-state index is 9.84. The molecule has 1 atom stereocenters. The van der Waals surface area contributed by atoms with E-state index in [1.54, 1.807) is 0 Å². The van der Waals surface area contributed by atoms with Gasteiger partial charge in [0, 0.05) is 18.4 Å². The molecule has 0 amide bonds. The number of aliphatic hydroxyl groups is 1. The Kier molecular flexibility index (Phi) is 7.48. The molecule has 2 heterocycles. The molecule has 1 aliphatic rings. The number of hydrogen-bond donors (Lipinski definition) is 3. The van der Waals surface area contributed by atoms with Gasteiger partial charge in [0.25, 0.3) is 0 Å². The number of aliphatic carboxylic acids is 2. The van der Waals surface area contributed by atoms with E-state index in [1.807, 2.05) is 18.5 Å². The highest BCUT2D eigenvalue weighted by molar-refractivity contribution is 5.71. The van der Waals surface area contributed by atoms with Gasteiger partial charge in [-0.1, -0.05) is 6.07 Å². The van der Waals surface area contributed by atoms with Crippen LogP contribution in [0, 0.1) is 0 Å². The van der Waals surface area contributed by atoms with Gasteiger partial charge in [0.15, 0.2) is 0 Å². The highest BCUT2D eigenvalue weighted by Crippen LogP contribution is 2.29. The molecule has 0 aliphatic carbocycles. The van der Waals surface area contributed by atoms with E-state index >= 15 is 0 Å².